The number of phosphoric ester groups is 1. The molecule has 2 aliphatic rings. The van der Waals surface area contributed by atoms with Crippen molar-refractivity contribution < 1.29 is 65.4 Å². The van der Waals surface area contributed by atoms with Gasteiger partial charge in [-0.15, -0.1) is 11.3 Å². The minimum Gasteiger partial charge on any atom is -0.369 e. The van der Waals surface area contributed by atoms with Gasteiger partial charge in [0.15, 0.2) is 16.8 Å². The summed E-state index contributed by atoms with van der Waals surface area (Å²) in [6.07, 6.45) is -4.76. The van der Waals surface area contributed by atoms with E-state index in [1.54, 1.807) is 6.07 Å². The van der Waals surface area contributed by atoms with Gasteiger partial charge in [0.1, 0.15) is 29.5 Å². The average molecular weight is 769 g/mol. The molecule has 5 heterocycles. The summed E-state index contributed by atoms with van der Waals surface area (Å²) in [4.78, 5) is 60.6. The number of amides is 1. The summed E-state index contributed by atoms with van der Waals surface area (Å²) >= 11 is 10.00. The van der Waals surface area contributed by atoms with E-state index in [1.165, 1.54) is 22.2 Å². The lowest BCUT2D eigenvalue weighted by Gasteiger charge is -2.22. The molecule has 2 fully saturated rings. The molecule has 43 heavy (non-hydrogen) atoms. The minimum absolute atomic E-state index is 0.0431. The maximum atomic E-state index is 12.9. The molecule has 0 bridgehead atoms. The monoisotopic (exact) mass is 768 g/mol. The van der Waals surface area contributed by atoms with Crippen molar-refractivity contribution in [3.05, 3.63) is 31.8 Å². The summed E-state index contributed by atoms with van der Waals surface area (Å²) in [6, 6.07) is 1.80. The number of nitrogen functional groups attached to an aromatic ring is 1. The van der Waals surface area contributed by atoms with Gasteiger partial charge in [-0.2, -0.15) is 8.62 Å². The zero-order valence-corrected chi connectivity index (χ0v) is 26.8. The van der Waals surface area contributed by atoms with E-state index in [2.05, 4.69) is 44.8 Å². The first kappa shape index (κ1) is 32.9. The van der Waals surface area contributed by atoms with Crippen LogP contribution in [0.3, 0.4) is 0 Å². The van der Waals surface area contributed by atoms with Gasteiger partial charge in [-0.1, -0.05) is 12.2 Å². The minimum atomic E-state index is -5.76. The first-order valence-electron chi connectivity index (χ1n) is 11.5. The number of halogens is 1. The summed E-state index contributed by atoms with van der Waals surface area (Å²) in [5.74, 6) is -0.695. The molecule has 1 amide bonds. The van der Waals surface area contributed by atoms with Crippen molar-refractivity contribution in [3.63, 3.8) is 0 Å². The van der Waals surface area contributed by atoms with Gasteiger partial charge >= 0.3 is 23.5 Å². The van der Waals surface area contributed by atoms with Gasteiger partial charge in [-0.3, -0.25) is 13.9 Å². The van der Waals surface area contributed by atoms with E-state index in [1.807, 2.05) is 5.38 Å². The van der Waals surface area contributed by atoms with E-state index in [0.717, 1.165) is 9.35 Å². The lowest BCUT2D eigenvalue weighted by molar-refractivity contribution is -0.171. The number of phosphoric acid groups is 3. The largest absolute Gasteiger partial charge is 0.490 e. The highest BCUT2D eigenvalue weighted by Crippen LogP contribution is 2.66. The quantitative estimate of drug-likeness (QED) is 0.108. The number of aromatic nitrogens is 4. The molecule has 26 heteroatoms. The molecule has 3 aromatic heterocycles. The fraction of sp³-hybridized carbons (Fsp3) is 0.412. The van der Waals surface area contributed by atoms with Crippen LogP contribution in [0.4, 0.5) is 5.95 Å². The van der Waals surface area contributed by atoms with Crippen molar-refractivity contribution in [3.8, 4) is 0 Å². The van der Waals surface area contributed by atoms with Crippen LogP contribution in [-0.4, -0.2) is 76.2 Å². The average Bonchev–Trinajstić information content (AvgIpc) is 3.63. The number of fused-ring (bicyclic) bond motifs is 2. The number of rotatable bonds is 11. The number of imidazole rings is 1. The Balaban J connectivity index is 1.36. The molecule has 236 valence electrons. The highest BCUT2D eigenvalue weighted by molar-refractivity contribution is 9.11. The Hall–Kier alpha value is -1.49. The Kier molecular flexibility index (Phi) is 9.46. The third-order valence-corrected chi connectivity index (χ3v) is 11.7. The highest BCUT2D eigenvalue weighted by Gasteiger charge is 2.56. The highest BCUT2D eigenvalue weighted by atomic mass is 79.9. The maximum Gasteiger partial charge on any atom is 0.490 e. The van der Waals surface area contributed by atoms with E-state index in [-0.39, 0.29) is 28.3 Å². The molecule has 3 aromatic rings. The van der Waals surface area contributed by atoms with Crippen LogP contribution in [0.2, 0.25) is 0 Å². The number of hydrogen-bond donors (Lipinski definition) is 7. The lowest BCUT2D eigenvalue weighted by atomic mass is 10.1. The van der Waals surface area contributed by atoms with Gasteiger partial charge in [-0.05, 0) is 32.9 Å². The maximum absolute atomic E-state index is 12.9. The zero-order valence-electron chi connectivity index (χ0n) is 20.9. The normalized spacial score (nSPS) is 26.7. The molecule has 20 nitrogen and oxygen atoms in total. The number of hydrogen-bond acceptors (Lipinski definition) is 15. The van der Waals surface area contributed by atoms with E-state index in [4.69, 9.17) is 46.5 Å². The molecule has 0 aromatic carbocycles. The van der Waals surface area contributed by atoms with Crippen molar-refractivity contribution in [2.75, 3.05) is 12.3 Å². The Morgan fingerprint density at radius 3 is 2.58 bits per heavy atom. The fourth-order valence-electron chi connectivity index (χ4n) is 4.14. The second-order valence-electron chi connectivity index (χ2n) is 8.70. The van der Waals surface area contributed by atoms with Crippen molar-refractivity contribution in [2.24, 2.45) is 0 Å². The molecule has 2 aliphatic heterocycles. The Labute approximate surface area is 257 Å². The van der Waals surface area contributed by atoms with Gasteiger partial charge in [0.25, 0.3) is 5.91 Å². The predicted molar refractivity (Wildman–Crippen MR) is 148 cm³/mol. The van der Waals surface area contributed by atoms with Crippen LogP contribution in [-0.2, 0) is 52.4 Å². The van der Waals surface area contributed by atoms with Crippen LogP contribution in [0, 0.1) is 4.64 Å². The van der Waals surface area contributed by atoms with Crippen molar-refractivity contribution in [2.45, 2.75) is 37.4 Å². The summed E-state index contributed by atoms with van der Waals surface area (Å²) < 4.78 is 67.0. The Bertz CT molecular complexity index is 1750. The van der Waals surface area contributed by atoms with Crippen LogP contribution in [0.15, 0.2) is 21.6 Å². The molecule has 0 radical (unpaired) electrons. The molecule has 8 N–H and O–H groups in total. The van der Waals surface area contributed by atoms with E-state index >= 15 is 0 Å². The number of aromatic amines is 1. The van der Waals surface area contributed by atoms with Gasteiger partial charge in [-0.25, -0.2) is 23.7 Å². The molecule has 7 atom stereocenters. The third kappa shape index (κ3) is 7.67. The van der Waals surface area contributed by atoms with E-state index in [9.17, 15) is 28.3 Å². The fourth-order valence-corrected chi connectivity index (χ4v) is 8.66. The number of ether oxygens (including phenoxy) is 3. The molecule has 6 unspecified atom stereocenters. The second kappa shape index (κ2) is 12.4. The van der Waals surface area contributed by atoms with Gasteiger partial charge in [0.2, 0.25) is 6.29 Å². The number of carbonyl (C=O) groups is 1. The molecule has 5 rings (SSSR count). The first-order chi connectivity index (χ1) is 20.0. The third-order valence-electron chi connectivity index (χ3n) is 5.76. The first-order valence-corrected chi connectivity index (χ1v) is 18.1. The summed E-state index contributed by atoms with van der Waals surface area (Å²) in [5, 5.41) is 4.50. The summed E-state index contributed by atoms with van der Waals surface area (Å²) in [6.45, 7) is -0.723. The van der Waals surface area contributed by atoms with E-state index in [0.29, 0.717) is 0 Å². The number of H-pyrrole nitrogens is 1. The van der Waals surface area contributed by atoms with Crippen LogP contribution >= 0.6 is 63.0 Å². The molecule has 0 saturated carbocycles. The van der Waals surface area contributed by atoms with Crippen molar-refractivity contribution >= 4 is 86.0 Å². The van der Waals surface area contributed by atoms with Gasteiger partial charge in [0.05, 0.1) is 16.7 Å². The number of carbonyl (C=O) groups excluding carboxylic acids is 1. The van der Waals surface area contributed by atoms with Crippen LogP contribution in [0.1, 0.15) is 11.8 Å². The summed E-state index contributed by atoms with van der Waals surface area (Å²) in [7, 11) is -16.9. The Morgan fingerprint density at radius 2 is 1.91 bits per heavy atom. The van der Waals surface area contributed by atoms with Crippen molar-refractivity contribution in [1.82, 2.24) is 24.8 Å². The SMILES string of the molecule is Nc1nc(=S)c2ncn(C3OC(COP(=O)(O)OP(=O)(O)OP(=O)(O)O)C4O[C@@H](C(=O)NCc5ccsc5Br)OC43)c2[nH]1. The Morgan fingerprint density at radius 1 is 1.19 bits per heavy atom. The van der Waals surface area contributed by atoms with Gasteiger partial charge in [0, 0.05) is 6.54 Å². The number of nitrogens with zero attached hydrogens (tertiary/aromatic N) is 3. The molecule has 2 saturated heterocycles. The number of thiophene rings is 1. The molecule has 0 aliphatic carbocycles. The number of nitrogens with two attached hydrogens (primary N) is 1. The van der Waals surface area contributed by atoms with Crippen LogP contribution in [0.5, 0.6) is 0 Å². The predicted octanol–water partition coefficient (Wildman–Crippen LogP) is 1.56. The van der Waals surface area contributed by atoms with E-state index < -0.39 is 66.8 Å². The zero-order chi connectivity index (χ0) is 31.3. The topological polar surface area (TPSA) is 289 Å². The smallest absolute Gasteiger partial charge is 0.369 e. The standard InChI is InChI=1S/C17H20BrN6O14P3S2/c18-11-6(1-2-43-11)3-20-13(25)16-35-9-7(4-33-40(29,30)38-41(31,32)37-39(26,27)28)34-15(10(9)36-16)24-5-21-8-12(24)22-17(19)23-14(8)42/h1-2,5,7,9-10,15-16H,3-4H2,(H,20,25)(H,29,30)(H,31,32)(H2,26,27,28)(H3,19,22,23,42)/t7?,9?,10?,15?,16-/m1/s1. The van der Waals surface area contributed by atoms with Crippen molar-refractivity contribution in [1.29, 1.82) is 0 Å². The second-order valence-corrected chi connectivity index (χ2v) is 15.7. The number of nitrogens with one attached hydrogen (secondary N) is 2. The van der Waals surface area contributed by atoms with Gasteiger partial charge < -0.3 is 49.8 Å². The van der Waals surface area contributed by atoms with Crippen LogP contribution < -0.4 is 11.1 Å². The summed E-state index contributed by atoms with van der Waals surface area (Å²) in [5.41, 5.74) is 7.10. The lowest BCUT2D eigenvalue weighted by Crippen LogP contribution is -2.37. The molecular formula is C17H20BrN6O14P3S2. The number of anilines is 1. The van der Waals surface area contributed by atoms with Crippen LogP contribution in [0.25, 0.3) is 11.2 Å². The molecule has 0 spiro atoms. The molecular weight excluding hydrogens is 749 g/mol.